The molecule has 154 valence electrons. The van der Waals surface area contributed by atoms with Crippen LogP contribution in [-0.4, -0.2) is 43.2 Å². The lowest BCUT2D eigenvalue weighted by Crippen LogP contribution is -2.36. The topological polar surface area (TPSA) is 57.7 Å². The second-order valence-electron chi connectivity index (χ2n) is 7.94. The van der Waals surface area contributed by atoms with Crippen molar-refractivity contribution in [1.82, 2.24) is 9.21 Å². The first-order valence-corrected chi connectivity index (χ1v) is 12.0. The number of likely N-dealkylation sites (tertiary alicyclic amines) is 1. The van der Waals surface area contributed by atoms with E-state index in [9.17, 15) is 13.2 Å². The lowest BCUT2D eigenvalue weighted by Gasteiger charge is -2.28. The standard InChI is InChI=1S/C23H28N2O3S/c26-23(24-15-6-2-1-3-7-16-24)20-10-12-22(13-11-20)29(27,28)25-17-14-19-8-4-5-9-21(19)18-25/h4-5,8-13H,1-3,6-7,14-18H2. The maximum absolute atomic E-state index is 13.1. The van der Waals surface area contributed by atoms with Crippen molar-refractivity contribution >= 4 is 15.9 Å². The van der Waals surface area contributed by atoms with E-state index in [0.29, 0.717) is 18.7 Å². The molecule has 0 aliphatic carbocycles. The molecule has 5 nitrogen and oxygen atoms in total. The van der Waals surface area contributed by atoms with E-state index in [4.69, 9.17) is 0 Å². The van der Waals surface area contributed by atoms with Gasteiger partial charge in [-0.05, 0) is 54.7 Å². The molecule has 2 aliphatic rings. The molecule has 0 bridgehead atoms. The zero-order valence-electron chi connectivity index (χ0n) is 16.7. The monoisotopic (exact) mass is 412 g/mol. The number of amides is 1. The first kappa shape index (κ1) is 20.1. The molecule has 2 heterocycles. The van der Waals surface area contributed by atoms with Crippen LogP contribution < -0.4 is 0 Å². The Morgan fingerprint density at radius 2 is 1.38 bits per heavy atom. The van der Waals surface area contributed by atoms with Crippen LogP contribution in [0.2, 0.25) is 0 Å². The molecule has 4 rings (SSSR count). The maximum Gasteiger partial charge on any atom is 0.253 e. The van der Waals surface area contributed by atoms with Gasteiger partial charge < -0.3 is 4.90 Å². The van der Waals surface area contributed by atoms with Gasteiger partial charge in [0.1, 0.15) is 0 Å². The molecular weight excluding hydrogens is 384 g/mol. The Kier molecular flexibility index (Phi) is 6.01. The Hall–Kier alpha value is -2.18. The van der Waals surface area contributed by atoms with E-state index in [2.05, 4.69) is 6.07 Å². The fourth-order valence-corrected chi connectivity index (χ4v) is 5.65. The maximum atomic E-state index is 13.1. The van der Waals surface area contributed by atoms with Crippen LogP contribution in [0.4, 0.5) is 0 Å². The van der Waals surface area contributed by atoms with Crippen LogP contribution in [0, 0.1) is 0 Å². The van der Waals surface area contributed by atoms with Gasteiger partial charge in [0.25, 0.3) is 5.91 Å². The predicted molar refractivity (Wildman–Crippen MR) is 113 cm³/mol. The molecular formula is C23H28N2O3S. The van der Waals surface area contributed by atoms with Gasteiger partial charge in [0.05, 0.1) is 4.90 Å². The molecule has 2 aromatic rings. The smallest absolute Gasteiger partial charge is 0.253 e. The molecule has 2 aliphatic heterocycles. The summed E-state index contributed by atoms with van der Waals surface area (Å²) in [5.41, 5.74) is 2.84. The second-order valence-corrected chi connectivity index (χ2v) is 9.88. The summed E-state index contributed by atoms with van der Waals surface area (Å²) in [6.07, 6.45) is 6.37. The molecule has 0 atom stereocenters. The highest BCUT2D eigenvalue weighted by Gasteiger charge is 2.28. The number of hydrogen-bond acceptors (Lipinski definition) is 3. The van der Waals surface area contributed by atoms with Crippen molar-refractivity contribution in [3.63, 3.8) is 0 Å². The number of rotatable bonds is 3. The van der Waals surface area contributed by atoms with Crippen LogP contribution in [0.1, 0.15) is 53.6 Å². The molecule has 0 aromatic heterocycles. The summed E-state index contributed by atoms with van der Waals surface area (Å²) in [7, 11) is -3.57. The highest BCUT2D eigenvalue weighted by atomic mass is 32.2. The number of sulfonamides is 1. The number of carbonyl (C=O) groups is 1. The third-order valence-electron chi connectivity index (χ3n) is 5.98. The van der Waals surface area contributed by atoms with E-state index in [1.54, 1.807) is 24.3 Å². The minimum absolute atomic E-state index is 0.00254. The van der Waals surface area contributed by atoms with E-state index >= 15 is 0 Å². The number of benzene rings is 2. The fourth-order valence-electron chi connectivity index (χ4n) is 4.23. The molecule has 1 amide bonds. The van der Waals surface area contributed by atoms with Gasteiger partial charge in [-0.25, -0.2) is 8.42 Å². The van der Waals surface area contributed by atoms with Gasteiger partial charge in [0.15, 0.2) is 0 Å². The SMILES string of the molecule is O=C(c1ccc(S(=O)(=O)N2CCc3ccccc3C2)cc1)N1CCCCCCC1. The third-order valence-corrected chi connectivity index (χ3v) is 7.84. The number of nitrogens with zero attached hydrogens (tertiary/aromatic N) is 2. The van der Waals surface area contributed by atoms with Gasteiger partial charge in [-0.15, -0.1) is 0 Å². The Labute approximate surface area is 173 Å². The quantitative estimate of drug-likeness (QED) is 0.770. The molecule has 0 N–H and O–H groups in total. The van der Waals surface area contributed by atoms with Crippen molar-refractivity contribution in [2.45, 2.75) is 50.0 Å². The van der Waals surface area contributed by atoms with Crippen LogP contribution in [0.25, 0.3) is 0 Å². The fraction of sp³-hybridized carbons (Fsp3) is 0.435. The largest absolute Gasteiger partial charge is 0.339 e. The molecule has 6 heteroatoms. The van der Waals surface area contributed by atoms with E-state index in [-0.39, 0.29) is 10.8 Å². The minimum atomic E-state index is -3.57. The van der Waals surface area contributed by atoms with Crippen LogP contribution in [-0.2, 0) is 23.0 Å². The molecule has 0 spiro atoms. The number of fused-ring (bicyclic) bond motifs is 1. The minimum Gasteiger partial charge on any atom is -0.339 e. The summed E-state index contributed by atoms with van der Waals surface area (Å²) >= 11 is 0. The summed E-state index contributed by atoms with van der Waals surface area (Å²) in [4.78, 5) is 15.0. The molecule has 1 fully saturated rings. The Morgan fingerprint density at radius 3 is 2.07 bits per heavy atom. The Morgan fingerprint density at radius 1 is 0.759 bits per heavy atom. The van der Waals surface area contributed by atoms with Crippen LogP contribution in [0.3, 0.4) is 0 Å². The predicted octanol–water partition coefficient (Wildman–Crippen LogP) is 3.84. The van der Waals surface area contributed by atoms with Gasteiger partial charge in [0, 0.05) is 31.7 Å². The van der Waals surface area contributed by atoms with Gasteiger partial charge >= 0.3 is 0 Å². The Balaban J connectivity index is 1.49. The van der Waals surface area contributed by atoms with Crippen LogP contribution >= 0.6 is 0 Å². The van der Waals surface area contributed by atoms with Gasteiger partial charge in [-0.1, -0.05) is 43.5 Å². The summed E-state index contributed by atoms with van der Waals surface area (Å²) in [5, 5.41) is 0. The van der Waals surface area contributed by atoms with Crippen molar-refractivity contribution in [3.05, 3.63) is 65.2 Å². The average molecular weight is 413 g/mol. The first-order chi connectivity index (χ1) is 14.1. The number of hydrogen-bond donors (Lipinski definition) is 0. The van der Waals surface area contributed by atoms with E-state index in [0.717, 1.165) is 37.9 Å². The summed E-state index contributed by atoms with van der Waals surface area (Å²) in [6.45, 7) is 2.44. The van der Waals surface area contributed by atoms with Crippen molar-refractivity contribution in [2.75, 3.05) is 19.6 Å². The van der Waals surface area contributed by atoms with E-state index in [1.165, 1.54) is 29.1 Å². The highest BCUT2D eigenvalue weighted by molar-refractivity contribution is 7.89. The third kappa shape index (κ3) is 4.38. The van der Waals surface area contributed by atoms with E-state index in [1.807, 2.05) is 23.1 Å². The Bertz CT molecular complexity index is 962. The molecule has 1 saturated heterocycles. The van der Waals surface area contributed by atoms with Gasteiger partial charge in [-0.3, -0.25) is 4.79 Å². The second kappa shape index (κ2) is 8.67. The number of carbonyl (C=O) groups excluding carboxylic acids is 1. The summed E-state index contributed by atoms with van der Waals surface area (Å²) < 4.78 is 27.7. The average Bonchev–Trinajstić information content (AvgIpc) is 2.73. The van der Waals surface area contributed by atoms with Crippen LogP contribution in [0.15, 0.2) is 53.4 Å². The first-order valence-electron chi connectivity index (χ1n) is 10.5. The summed E-state index contributed by atoms with van der Waals surface area (Å²) in [6, 6.07) is 14.5. The lowest BCUT2D eigenvalue weighted by molar-refractivity contribution is 0.0742. The highest BCUT2D eigenvalue weighted by Crippen LogP contribution is 2.25. The molecule has 0 radical (unpaired) electrons. The molecule has 0 unspecified atom stereocenters. The van der Waals surface area contributed by atoms with Gasteiger partial charge in [0.2, 0.25) is 10.0 Å². The normalized spacial score (nSPS) is 18.6. The molecule has 29 heavy (non-hydrogen) atoms. The van der Waals surface area contributed by atoms with Crippen molar-refractivity contribution in [3.8, 4) is 0 Å². The summed E-state index contributed by atoms with van der Waals surface area (Å²) in [5.74, 6) is 0.00254. The van der Waals surface area contributed by atoms with E-state index < -0.39 is 10.0 Å². The van der Waals surface area contributed by atoms with Crippen molar-refractivity contribution in [1.29, 1.82) is 0 Å². The van der Waals surface area contributed by atoms with Gasteiger partial charge in [-0.2, -0.15) is 4.31 Å². The zero-order chi connectivity index (χ0) is 20.3. The zero-order valence-corrected chi connectivity index (χ0v) is 17.5. The molecule has 0 saturated carbocycles. The van der Waals surface area contributed by atoms with Crippen molar-refractivity contribution in [2.24, 2.45) is 0 Å². The van der Waals surface area contributed by atoms with Crippen LogP contribution in [0.5, 0.6) is 0 Å². The lowest BCUT2D eigenvalue weighted by atomic mass is 10.0. The van der Waals surface area contributed by atoms with Crippen molar-refractivity contribution < 1.29 is 13.2 Å². The molecule has 2 aromatic carbocycles.